The van der Waals surface area contributed by atoms with E-state index in [1.807, 2.05) is 0 Å². The summed E-state index contributed by atoms with van der Waals surface area (Å²) in [5.74, 6) is -0.857. The minimum absolute atomic E-state index is 0.00938. The molecule has 0 saturated carbocycles. The molecule has 2 aromatic rings. The maximum absolute atomic E-state index is 13.0. The van der Waals surface area contributed by atoms with Crippen LogP contribution in [0.1, 0.15) is 18.1 Å². The summed E-state index contributed by atoms with van der Waals surface area (Å²) < 4.78 is 65.3. The molecule has 0 aromatic heterocycles. The molecule has 2 aromatic carbocycles. The Labute approximate surface area is 155 Å². The number of halogens is 3. The first-order valence-corrected chi connectivity index (χ1v) is 9.52. The first kappa shape index (κ1) is 20.9. The predicted octanol–water partition coefficient (Wildman–Crippen LogP) is 3.66. The number of carbonyl (C=O) groups is 1. The van der Waals surface area contributed by atoms with Crippen molar-refractivity contribution in [3.63, 3.8) is 0 Å². The molecule has 0 aliphatic carbocycles. The molecule has 2 rings (SSSR count). The Balaban J connectivity index is 2.20. The first-order valence-electron chi connectivity index (χ1n) is 8.08. The molecular weight excluding hydrogens is 381 g/mol. The van der Waals surface area contributed by atoms with Gasteiger partial charge in [0, 0.05) is 6.54 Å². The van der Waals surface area contributed by atoms with E-state index >= 15 is 0 Å². The minimum Gasteiger partial charge on any atom is -0.324 e. The molecule has 9 heteroatoms. The van der Waals surface area contributed by atoms with Crippen molar-refractivity contribution in [2.45, 2.75) is 24.9 Å². The maximum atomic E-state index is 13.0. The zero-order valence-electron chi connectivity index (χ0n) is 14.7. The highest BCUT2D eigenvalue weighted by Gasteiger charge is 2.34. The maximum Gasteiger partial charge on any atom is 0.418 e. The molecule has 1 N–H and O–H groups in total. The second kappa shape index (κ2) is 8.10. The van der Waals surface area contributed by atoms with Crippen LogP contribution in [0.4, 0.5) is 18.9 Å². The monoisotopic (exact) mass is 400 g/mol. The smallest absolute Gasteiger partial charge is 0.324 e. The van der Waals surface area contributed by atoms with E-state index in [4.69, 9.17) is 0 Å². The largest absolute Gasteiger partial charge is 0.418 e. The first-order chi connectivity index (χ1) is 12.6. The number of rotatable bonds is 6. The third-order valence-electron chi connectivity index (χ3n) is 3.84. The average molecular weight is 400 g/mol. The number of nitrogens with one attached hydrogen (secondary N) is 1. The van der Waals surface area contributed by atoms with Crippen LogP contribution in [0.5, 0.6) is 0 Å². The Hall–Kier alpha value is -2.39. The standard InChI is InChI=1S/C18H19F3N2O3S/c1-3-23(27(25,26)14-10-8-13(2)9-11-14)12-17(24)22-16-7-5-4-6-15(16)18(19,20)21/h4-11H,3,12H2,1-2H3,(H,22,24). The summed E-state index contributed by atoms with van der Waals surface area (Å²) in [7, 11) is -3.94. The molecule has 0 unspecified atom stereocenters. The zero-order valence-corrected chi connectivity index (χ0v) is 15.6. The average Bonchev–Trinajstić information content (AvgIpc) is 2.59. The quantitative estimate of drug-likeness (QED) is 0.805. The molecule has 0 radical (unpaired) electrons. The Morgan fingerprint density at radius 2 is 1.67 bits per heavy atom. The molecule has 0 heterocycles. The van der Waals surface area contributed by atoms with Gasteiger partial charge in [-0.05, 0) is 31.2 Å². The lowest BCUT2D eigenvalue weighted by molar-refractivity contribution is -0.137. The Kier molecular flexibility index (Phi) is 6.27. The molecule has 0 saturated heterocycles. The fourth-order valence-corrected chi connectivity index (χ4v) is 3.82. The minimum atomic E-state index is -4.64. The molecule has 0 spiro atoms. The highest BCUT2D eigenvalue weighted by molar-refractivity contribution is 7.89. The summed E-state index contributed by atoms with van der Waals surface area (Å²) in [6.07, 6.45) is -4.64. The van der Waals surface area contributed by atoms with Gasteiger partial charge < -0.3 is 5.32 Å². The lowest BCUT2D eigenvalue weighted by Crippen LogP contribution is -2.38. The molecule has 0 atom stereocenters. The fourth-order valence-electron chi connectivity index (χ4n) is 2.42. The van der Waals surface area contributed by atoms with Gasteiger partial charge in [-0.15, -0.1) is 0 Å². The van der Waals surface area contributed by atoms with E-state index in [-0.39, 0.29) is 11.4 Å². The number of carbonyl (C=O) groups excluding carboxylic acids is 1. The van der Waals surface area contributed by atoms with Crippen LogP contribution in [-0.4, -0.2) is 31.7 Å². The second-order valence-electron chi connectivity index (χ2n) is 5.84. The summed E-state index contributed by atoms with van der Waals surface area (Å²) in [5.41, 5.74) is -0.542. The van der Waals surface area contributed by atoms with E-state index in [9.17, 15) is 26.4 Å². The Bertz CT molecular complexity index is 910. The summed E-state index contributed by atoms with van der Waals surface area (Å²) in [4.78, 5) is 12.2. The summed E-state index contributed by atoms with van der Waals surface area (Å²) in [6, 6.07) is 10.6. The van der Waals surface area contributed by atoms with Crippen LogP contribution in [-0.2, 0) is 21.0 Å². The lowest BCUT2D eigenvalue weighted by atomic mass is 10.1. The summed E-state index contributed by atoms with van der Waals surface area (Å²) in [6.45, 7) is 2.74. The van der Waals surface area contributed by atoms with E-state index < -0.39 is 39.9 Å². The molecule has 0 aliphatic rings. The van der Waals surface area contributed by atoms with Crippen molar-refractivity contribution in [1.82, 2.24) is 4.31 Å². The highest BCUT2D eigenvalue weighted by Crippen LogP contribution is 2.34. The number of hydrogen-bond donors (Lipinski definition) is 1. The zero-order chi connectivity index (χ0) is 20.2. The number of aryl methyl sites for hydroxylation is 1. The van der Waals surface area contributed by atoms with E-state index in [1.165, 1.54) is 24.3 Å². The van der Waals surface area contributed by atoms with Crippen LogP contribution in [0.3, 0.4) is 0 Å². The number of anilines is 1. The van der Waals surface area contributed by atoms with E-state index in [0.717, 1.165) is 22.0 Å². The van der Waals surface area contributed by atoms with Crippen LogP contribution in [0, 0.1) is 6.92 Å². The van der Waals surface area contributed by atoms with Gasteiger partial charge in [0.2, 0.25) is 15.9 Å². The third-order valence-corrected chi connectivity index (χ3v) is 5.77. The molecule has 0 fully saturated rings. The number of nitrogens with zero attached hydrogens (tertiary/aromatic N) is 1. The van der Waals surface area contributed by atoms with Crippen LogP contribution in [0.25, 0.3) is 0 Å². The van der Waals surface area contributed by atoms with Crippen molar-refractivity contribution in [1.29, 1.82) is 0 Å². The van der Waals surface area contributed by atoms with Crippen molar-refractivity contribution in [3.8, 4) is 0 Å². The van der Waals surface area contributed by atoms with E-state index in [0.29, 0.717) is 0 Å². The fraction of sp³-hybridized carbons (Fsp3) is 0.278. The number of amides is 1. The van der Waals surface area contributed by atoms with Crippen LogP contribution in [0.15, 0.2) is 53.4 Å². The van der Waals surface area contributed by atoms with Crippen molar-refractivity contribution < 1.29 is 26.4 Å². The number of benzene rings is 2. The third kappa shape index (κ3) is 5.08. The van der Waals surface area contributed by atoms with Gasteiger partial charge in [0.1, 0.15) is 0 Å². The van der Waals surface area contributed by atoms with Crippen molar-refractivity contribution >= 4 is 21.6 Å². The molecule has 27 heavy (non-hydrogen) atoms. The van der Waals surface area contributed by atoms with Gasteiger partial charge >= 0.3 is 6.18 Å². The number of hydrogen-bond acceptors (Lipinski definition) is 3. The van der Waals surface area contributed by atoms with Crippen LogP contribution in [0.2, 0.25) is 0 Å². The van der Waals surface area contributed by atoms with Crippen molar-refractivity contribution in [2.24, 2.45) is 0 Å². The number of para-hydroxylation sites is 1. The lowest BCUT2D eigenvalue weighted by Gasteiger charge is -2.21. The van der Waals surface area contributed by atoms with Gasteiger partial charge in [-0.2, -0.15) is 17.5 Å². The normalized spacial score (nSPS) is 12.2. The summed E-state index contributed by atoms with van der Waals surface area (Å²) in [5, 5.41) is 2.15. The predicted molar refractivity (Wildman–Crippen MR) is 95.7 cm³/mol. The van der Waals surface area contributed by atoms with Gasteiger partial charge in [-0.25, -0.2) is 8.42 Å². The highest BCUT2D eigenvalue weighted by atomic mass is 32.2. The number of sulfonamides is 1. The second-order valence-corrected chi connectivity index (χ2v) is 7.77. The van der Waals surface area contributed by atoms with Crippen LogP contribution >= 0.6 is 0 Å². The van der Waals surface area contributed by atoms with Gasteiger partial charge in [0.05, 0.1) is 22.7 Å². The Morgan fingerprint density at radius 1 is 1.07 bits per heavy atom. The number of likely N-dealkylation sites (N-methyl/N-ethyl adjacent to an activating group) is 1. The number of alkyl halides is 3. The summed E-state index contributed by atoms with van der Waals surface area (Å²) >= 11 is 0. The van der Waals surface area contributed by atoms with E-state index in [1.54, 1.807) is 26.0 Å². The molecule has 5 nitrogen and oxygen atoms in total. The van der Waals surface area contributed by atoms with Gasteiger partial charge in [-0.1, -0.05) is 36.8 Å². The van der Waals surface area contributed by atoms with Gasteiger partial charge in [0.25, 0.3) is 0 Å². The van der Waals surface area contributed by atoms with E-state index in [2.05, 4.69) is 5.32 Å². The van der Waals surface area contributed by atoms with Crippen molar-refractivity contribution in [3.05, 3.63) is 59.7 Å². The molecule has 0 aliphatic heterocycles. The van der Waals surface area contributed by atoms with Gasteiger partial charge in [0.15, 0.2) is 0 Å². The van der Waals surface area contributed by atoms with Gasteiger partial charge in [-0.3, -0.25) is 4.79 Å². The molecular formula is C18H19F3N2O3S. The SMILES string of the molecule is CCN(CC(=O)Nc1ccccc1C(F)(F)F)S(=O)(=O)c1ccc(C)cc1. The van der Waals surface area contributed by atoms with Crippen LogP contribution < -0.4 is 5.32 Å². The van der Waals surface area contributed by atoms with Crippen molar-refractivity contribution in [2.75, 3.05) is 18.4 Å². The molecule has 0 bridgehead atoms. The molecule has 146 valence electrons. The Morgan fingerprint density at radius 3 is 2.22 bits per heavy atom. The molecule has 1 amide bonds. The topological polar surface area (TPSA) is 66.5 Å².